The number of methoxy groups -OCH3 is 1. The van der Waals surface area contributed by atoms with E-state index < -0.39 is 0 Å². The monoisotopic (exact) mass is 315 g/mol. The van der Waals surface area contributed by atoms with Crippen molar-refractivity contribution >= 4 is 17.6 Å². The summed E-state index contributed by atoms with van der Waals surface area (Å²) in [6, 6.07) is 4.08. The van der Waals surface area contributed by atoms with Crippen molar-refractivity contribution in [2.75, 3.05) is 12.8 Å². The molecule has 0 aliphatic rings. The lowest BCUT2D eigenvalue weighted by Crippen LogP contribution is -2.02. The number of rotatable bonds is 5. The van der Waals surface area contributed by atoms with E-state index in [1.54, 1.807) is 20.2 Å². The molecule has 0 radical (unpaired) electrons. The molecule has 2 aromatic heterocycles. The average Bonchev–Trinajstić information content (AvgIpc) is 2.46. The number of pyridine rings is 1. The minimum Gasteiger partial charge on any atom is -0.383 e. The third-order valence-electron chi connectivity index (χ3n) is 2.99. The van der Waals surface area contributed by atoms with Gasteiger partial charge in [-0.25, -0.2) is 15.0 Å². The molecule has 2 aromatic rings. The van der Waals surface area contributed by atoms with Crippen LogP contribution >= 0.6 is 11.8 Å². The van der Waals surface area contributed by atoms with Crippen LogP contribution in [0.2, 0.25) is 0 Å². The van der Waals surface area contributed by atoms with Gasteiger partial charge in [0.1, 0.15) is 22.7 Å². The Morgan fingerprint density at radius 2 is 2.09 bits per heavy atom. The normalized spacial score (nSPS) is 10.5. The van der Waals surface area contributed by atoms with Gasteiger partial charge in [-0.15, -0.1) is 11.8 Å². The predicted octanol–water partition coefficient (Wildman–Crippen LogP) is 2.38. The fraction of sp³-hybridized carbons (Fsp3) is 0.333. The van der Waals surface area contributed by atoms with Crippen molar-refractivity contribution in [1.29, 1.82) is 5.26 Å². The van der Waals surface area contributed by atoms with E-state index in [-0.39, 0.29) is 0 Å². The number of thioether (sulfide) groups is 1. The van der Waals surface area contributed by atoms with Gasteiger partial charge in [0.25, 0.3) is 0 Å². The zero-order valence-electron chi connectivity index (χ0n) is 12.8. The summed E-state index contributed by atoms with van der Waals surface area (Å²) in [4.78, 5) is 12.7. The Morgan fingerprint density at radius 1 is 1.32 bits per heavy atom. The molecule has 2 heterocycles. The van der Waals surface area contributed by atoms with Crippen LogP contribution in [0.3, 0.4) is 0 Å². The molecule has 0 unspecified atom stereocenters. The third-order valence-corrected chi connectivity index (χ3v) is 4.01. The summed E-state index contributed by atoms with van der Waals surface area (Å²) in [7, 11) is 1.61. The number of aromatic nitrogens is 3. The molecule has 7 heteroatoms. The first-order chi connectivity index (χ1) is 10.5. The lowest BCUT2D eigenvalue weighted by Gasteiger charge is -2.10. The average molecular weight is 315 g/mol. The molecule has 0 saturated heterocycles. The Labute approximate surface area is 133 Å². The molecule has 114 valence electrons. The maximum atomic E-state index is 9.40. The number of hydrogen-bond donors (Lipinski definition) is 1. The second-order valence-corrected chi connectivity index (χ2v) is 5.73. The highest BCUT2D eigenvalue weighted by atomic mass is 32.2. The quantitative estimate of drug-likeness (QED) is 0.846. The summed E-state index contributed by atoms with van der Waals surface area (Å²) in [5.74, 6) is 1.66. The minimum atomic E-state index is 0.385. The van der Waals surface area contributed by atoms with Gasteiger partial charge in [0.15, 0.2) is 0 Å². The van der Waals surface area contributed by atoms with E-state index in [4.69, 9.17) is 10.5 Å². The number of nitrogens with zero attached hydrogens (tertiary/aromatic N) is 4. The van der Waals surface area contributed by atoms with E-state index in [1.807, 2.05) is 13.0 Å². The number of aryl methyl sites for hydroxylation is 2. The smallest absolute Gasteiger partial charge is 0.131 e. The molecule has 0 aliphatic heterocycles. The first-order valence-electron chi connectivity index (χ1n) is 6.65. The molecule has 0 aliphatic carbocycles. The van der Waals surface area contributed by atoms with Gasteiger partial charge in [-0.1, -0.05) is 0 Å². The van der Waals surface area contributed by atoms with Crippen LogP contribution in [0.15, 0.2) is 17.3 Å². The lowest BCUT2D eigenvalue weighted by molar-refractivity contribution is 0.184. The van der Waals surface area contributed by atoms with E-state index in [9.17, 15) is 5.26 Å². The highest BCUT2D eigenvalue weighted by molar-refractivity contribution is 7.98. The van der Waals surface area contributed by atoms with E-state index in [2.05, 4.69) is 21.0 Å². The van der Waals surface area contributed by atoms with E-state index in [1.165, 1.54) is 11.8 Å². The SMILES string of the molecule is COCc1cc(C)nc(SCc2cnc(C)nc2N)c1C#N. The van der Waals surface area contributed by atoms with E-state index >= 15 is 0 Å². The molecular weight excluding hydrogens is 298 g/mol. The standard InChI is InChI=1S/C15H17N5OS/c1-9-4-11(7-21-3)13(5-16)15(19-9)22-8-12-6-18-10(2)20-14(12)17/h4,6H,7-8H2,1-3H3,(H2,17,18,20). The fourth-order valence-electron chi connectivity index (χ4n) is 1.97. The van der Waals surface area contributed by atoms with Crippen LogP contribution in [-0.2, 0) is 17.1 Å². The van der Waals surface area contributed by atoms with Gasteiger partial charge in [0.05, 0.1) is 12.2 Å². The largest absolute Gasteiger partial charge is 0.383 e. The number of anilines is 1. The fourth-order valence-corrected chi connectivity index (χ4v) is 3.02. The van der Waals surface area contributed by atoms with Crippen molar-refractivity contribution in [1.82, 2.24) is 15.0 Å². The molecule has 0 spiro atoms. The Bertz CT molecular complexity index is 727. The van der Waals surface area contributed by atoms with Crippen LogP contribution in [0.25, 0.3) is 0 Å². The number of nitrogen functional groups attached to an aromatic ring is 1. The first-order valence-corrected chi connectivity index (χ1v) is 7.64. The number of ether oxygens (including phenoxy) is 1. The van der Waals surface area contributed by atoms with Crippen LogP contribution < -0.4 is 5.73 Å². The van der Waals surface area contributed by atoms with E-state index in [0.29, 0.717) is 34.6 Å². The topological polar surface area (TPSA) is 97.7 Å². The highest BCUT2D eigenvalue weighted by Gasteiger charge is 2.13. The van der Waals surface area contributed by atoms with Crippen molar-refractivity contribution in [2.24, 2.45) is 0 Å². The first kappa shape index (κ1) is 16.2. The van der Waals surface area contributed by atoms with E-state index in [0.717, 1.165) is 16.8 Å². The summed E-state index contributed by atoms with van der Waals surface area (Å²) in [6.45, 7) is 4.07. The van der Waals surface area contributed by atoms with Gasteiger partial charge in [-0.2, -0.15) is 5.26 Å². The second kappa shape index (κ2) is 7.20. The summed E-state index contributed by atoms with van der Waals surface area (Å²) < 4.78 is 5.15. The Balaban J connectivity index is 2.27. The molecule has 22 heavy (non-hydrogen) atoms. The molecule has 0 bridgehead atoms. The predicted molar refractivity (Wildman–Crippen MR) is 85.1 cm³/mol. The Kier molecular flexibility index (Phi) is 5.31. The molecule has 0 aromatic carbocycles. The van der Waals surface area contributed by atoms with Gasteiger partial charge in [-0.3, -0.25) is 0 Å². The van der Waals surface area contributed by atoms with Crippen LogP contribution in [0.5, 0.6) is 0 Å². The second-order valence-electron chi connectivity index (χ2n) is 4.76. The van der Waals surface area contributed by atoms with Gasteiger partial charge in [0.2, 0.25) is 0 Å². The summed E-state index contributed by atoms with van der Waals surface area (Å²) in [6.07, 6.45) is 1.71. The molecule has 2 N–H and O–H groups in total. The maximum absolute atomic E-state index is 9.40. The third kappa shape index (κ3) is 3.72. The molecule has 0 amide bonds. The van der Waals surface area contributed by atoms with Crippen molar-refractivity contribution in [3.63, 3.8) is 0 Å². The van der Waals surface area contributed by atoms with Crippen molar-refractivity contribution < 1.29 is 4.74 Å². The number of hydrogen-bond acceptors (Lipinski definition) is 7. The Hall–Kier alpha value is -2.17. The van der Waals surface area contributed by atoms with Gasteiger partial charge in [-0.05, 0) is 25.5 Å². The summed E-state index contributed by atoms with van der Waals surface area (Å²) in [5, 5.41) is 10.1. The highest BCUT2D eigenvalue weighted by Crippen LogP contribution is 2.28. The zero-order valence-corrected chi connectivity index (χ0v) is 13.6. The Morgan fingerprint density at radius 3 is 2.73 bits per heavy atom. The van der Waals surface area contributed by atoms with Crippen LogP contribution in [0.4, 0.5) is 5.82 Å². The van der Waals surface area contributed by atoms with Crippen LogP contribution in [0.1, 0.15) is 28.2 Å². The van der Waals surface area contributed by atoms with Gasteiger partial charge in [0, 0.05) is 30.3 Å². The van der Waals surface area contributed by atoms with Gasteiger partial charge >= 0.3 is 0 Å². The van der Waals surface area contributed by atoms with Crippen molar-refractivity contribution in [3.8, 4) is 6.07 Å². The molecule has 0 atom stereocenters. The number of nitrogens with two attached hydrogens (primary N) is 1. The lowest BCUT2D eigenvalue weighted by atomic mass is 10.1. The summed E-state index contributed by atoms with van der Waals surface area (Å²) >= 11 is 1.45. The van der Waals surface area contributed by atoms with Crippen molar-refractivity contribution in [3.05, 3.63) is 40.5 Å². The molecule has 2 rings (SSSR count). The number of nitriles is 1. The minimum absolute atomic E-state index is 0.385. The van der Waals surface area contributed by atoms with Gasteiger partial charge < -0.3 is 10.5 Å². The molecule has 0 fully saturated rings. The summed E-state index contributed by atoms with van der Waals surface area (Å²) in [5.41, 5.74) is 8.96. The zero-order chi connectivity index (χ0) is 16.1. The molecular formula is C15H17N5OS. The van der Waals surface area contributed by atoms with Crippen LogP contribution in [-0.4, -0.2) is 22.1 Å². The molecule has 0 saturated carbocycles. The molecule has 6 nitrogen and oxygen atoms in total. The van der Waals surface area contributed by atoms with Crippen molar-refractivity contribution in [2.45, 2.75) is 31.2 Å². The maximum Gasteiger partial charge on any atom is 0.131 e. The van der Waals surface area contributed by atoms with Crippen LogP contribution in [0, 0.1) is 25.2 Å².